The Labute approximate surface area is 134 Å². The summed E-state index contributed by atoms with van der Waals surface area (Å²) in [6.45, 7) is 2.12. The SMILES string of the molecule is Cc1ccccc1O[C@@H]1CCCC[C@@H]1N[C@H]1CCCC[C@@H]1N. The van der Waals surface area contributed by atoms with Gasteiger partial charge in [0.1, 0.15) is 11.9 Å². The van der Waals surface area contributed by atoms with E-state index in [1.807, 2.05) is 0 Å². The molecular formula is C19H30N2O. The van der Waals surface area contributed by atoms with Gasteiger partial charge in [-0.25, -0.2) is 0 Å². The number of ether oxygens (including phenoxy) is 1. The van der Waals surface area contributed by atoms with E-state index in [-0.39, 0.29) is 6.10 Å². The van der Waals surface area contributed by atoms with Gasteiger partial charge >= 0.3 is 0 Å². The minimum absolute atomic E-state index is 0.281. The molecule has 3 N–H and O–H groups in total. The number of aryl methyl sites for hydroxylation is 1. The average molecular weight is 302 g/mol. The number of nitrogens with two attached hydrogens (primary N) is 1. The predicted molar refractivity (Wildman–Crippen MR) is 91.2 cm³/mol. The van der Waals surface area contributed by atoms with E-state index in [2.05, 4.69) is 36.5 Å². The maximum atomic E-state index is 6.37. The smallest absolute Gasteiger partial charge is 0.122 e. The zero-order valence-corrected chi connectivity index (χ0v) is 13.8. The highest BCUT2D eigenvalue weighted by atomic mass is 16.5. The Kier molecular flexibility index (Phi) is 5.37. The normalized spacial score (nSPS) is 32.6. The van der Waals surface area contributed by atoms with Crippen LogP contribution in [0.5, 0.6) is 5.75 Å². The van der Waals surface area contributed by atoms with Gasteiger partial charge in [-0.1, -0.05) is 37.5 Å². The van der Waals surface area contributed by atoms with Crippen molar-refractivity contribution in [2.24, 2.45) is 5.73 Å². The van der Waals surface area contributed by atoms with E-state index in [0.717, 1.165) is 18.6 Å². The van der Waals surface area contributed by atoms with Gasteiger partial charge in [0.2, 0.25) is 0 Å². The molecule has 122 valence electrons. The zero-order chi connectivity index (χ0) is 15.4. The molecular weight excluding hydrogens is 272 g/mol. The fourth-order valence-corrected chi connectivity index (χ4v) is 3.92. The maximum Gasteiger partial charge on any atom is 0.122 e. The largest absolute Gasteiger partial charge is 0.489 e. The third kappa shape index (κ3) is 3.82. The van der Waals surface area contributed by atoms with Gasteiger partial charge in [0.15, 0.2) is 0 Å². The van der Waals surface area contributed by atoms with Crippen LogP contribution >= 0.6 is 0 Å². The number of hydrogen-bond donors (Lipinski definition) is 2. The lowest BCUT2D eigenvalue weighted by atomic mass is 9.87. The molecule has 0 bridgehead atoms. The molecule has 1 aromatic rings. The second kappa shape index (κ2) is 7.47. The first kappa shape index (κ1) is 15.8. The minimum Gasteiger partial charge on any atom is -0.489 e. The molecule has 0 heterocycles. The number of para-hydroxylation sites is 1. The van der Waals surface area contributed by atoms with E-state index in [4.69, 9.17) is 10.5 Å². The van der Waals surface area contributed by atoms with Crippen molar-refractivity contribution in [2.75, 3.05) is 0 Å². The average Bonchev–Trinajstić information content (AvgIpc) is 2.53. The second-order valence-corrected chi connectivity index (χ2v) is 7.03. The maximum absolute atomic E-state index is 6.37. The molecule has 0 unspecified atom stereocenters. The van der Waals surface area contributed by atoms with Crippen molar-refractivity contribution in [1.29, 1.82) is 0 Å². The molecule has 2 aliphatic rings. The predicted octanol–water partition coefficient (Wildman–Crippen LogP) is 3.54. The molecule has 1 aromatic carbocycles. The Bertz CT molecular complexity index is 476. The lowest BCUT2D eigenvalue weighted by Crippen LogP contribution is -2.55. The molecule has 3 nitrogen and oxygen atoms in total. The molecule has 0 radical (unpaired) electrons. The van der Waals surface area contributed by atoms with Crippen LogP contribution < -0.4 is 15.8 Å². The molecule has 2 aliphatic carbocycles. The van der Waals surface area contributed by atoms with Gasteiger partial charge in [-0.3, -0.25) is 0 Å². The van der Waals surface area contributed by atoms with Gasteiger partial charge in [0, 0.05) is 18.1 Å². The third-order valence-electron chi connectivity index (χ3n) is 5.32. The van der Waals surface area contributed by atoms with Gasteiger partial charge in [0.05, 0.1) is 0 Å². The molecule has 0 amide bonds. The van der Waals surface area contributed by atoms with Crippen LogP contribution in [0.2, 0.25) is 0 Å². The van der Waals surface area contributed by atoms with Gasteiger partial charge < -0.3 is 15.8 Å². The molecule has 3 heteroatoms. The van der Waals surface area contributed by atoms with Crippen molar-refractivity contribution in [3.05, 3.63) is 29.8 Å². The number of nitrogens with one attached hydrogen (secondary N) is 1. The van der Waals surface area contributed by atoms with Gasteiger partial charge in [-0.15, -0.1) is 0 Å². The van der Waals surface area contributed by atoms with Crippen LogP contribution in [0.3, 0.4) is 0 Å². The summed E-state index contributed by atoms with van der Waals surface area (Å²) in [7, 11) is 0. The van der Waals surface area contributed by atoms with Gasteiger partial charge in [-0.05, 0) is 50.7 Å². The lowest BCUT2D eigenvalue weighted by Gasteiger charge is -2.38. The number of benzene rings is 1. The molecule has 4 atom stereocenters. The van der Waals surface area contributed by atoms with Crippen molar-refractivity contribution in [2.45, 2.75) is 82.5 Å². The Balaban J connectivity index is 1.64. The first-order chi connectivity index (χ1) is 10.7. The Morgan fingerprint density at radius 1 is 0.955 bits per heavy atom. The second-order valence-electron chi connectivity index (χ2n) is 7.03. The third-order valence-corrected chi connectivity index (χ3v) is 5.32. The van der Waals surface area contributed by atoms with Crippen LogP contribution in [-0.4, -0.2) is 24.2 Å². The fourth-order valence-electron chi connectivity index (χ4n) is 3.92. The fraction of sp³-hybridized carbons (Fsp3) is 0.684. The molecule has 0 saturated heterocycles. The topological polar surface area (TPSA) is 47.3 Å². The van der Waals surface area contributed by atoms with E-state index in [9.17, 15) is 0 Å². The molecule has 3 rings (SSSR count). The van der Waals surface area contributed by atoms with E-state index in [1.165, 1.54) is 44.1 Å². The molecule has 2 fully saturated rings. The van der Waals surface area contributed by atoms with Crippen LogP contribution in [0, 0.1) is 6.92 Å². The summed E-state index contributed by atoms with van der Waals surface area (Å²) in [6, 6.07) is 9.58. The summed E-state index contributed by atoms with van der Waals surface area (Å²) in [5.41, 5.74) is 7.54. The van der Waals surface area contributed by atoms with Crippen molar-refractivity contribution in [3.8, 4) is 5.75 Å². The van der Waals surface area contributed by atoms with Crippen LogP contribution in [0.25, 0.3) is 0 Å². The zero-order valence-electron chi connectivity index (χ0n) is 13.8. The Hall–Kier alpha value is -1.06. The first-order valence-corrected chi connectivity index (χ1v) is 8.98. The summed E-state index contributed by atoms with van der Waals surface area (Å²) in [5, 5.41) is 3.85. The van der Waals surface area contributed by atoms with Crippen LogP contribution in [0.15, 0.2) is 24.3 Å². The highest BCUT2D eigenvalue weighted by Crippen LogP contribution is 2.27. The summed E-state index contributed by atoms with van der Waals surface area (Å²) >= 11 is 0. The van der Waals surface area contributed by atoms with E-state index < -0.39 is 0 Å². The van der Waals surface area contributed by atoms with E-state index in [0.29, 0.717) is 18.1 Å². The van der Waals surface area contributed by atoms with Gasteiger partial charge in [0.25, 0.3) is 0 Å². The van der Waals surface area contributed by atoms with Crippen molar-refractivity contribution < 1.29 is 4.74 Å². The molecule has 0 spiro atoms. The van der Waals surface area contributed by atoms with Crippen molar-refractivity contribution >= 4 is 0 Å². The summed E-state index contributed by atoms with van der Waals surface area (Å²) in [5.74, 6) is 1.04. The highest BCUT2D eigenvalue weighted by Gasteiger charge is 2.31. The number of hydrogen-bond acceptors (Lipinski definition) is 3. The highest BCUT2D eigenvalue weighted by molar-refractivity contribution is 5.32. The van der Waals surface area contributed by atoms with E-state index >= 15 is 0 Å². The molecule has 0 aliphatic heterocycles. The van der Waals surface area contributed by atoms with Crippen molar-refractivity contribution in [3.63, 3.8) is 0 Å². The Morgan fingerprint density at radius 3 is 2.41 bits per heavy atom. The van der Waals surface area contributed by atoms with Crippen LogP contribution in [-0.2, 0) is 0 Å². The molecule has 22 heavy (non-hydrogen) atoms. The lowest BCUT2D eigenvalue weighted by molar-refractivity contribution is 0.0995. The summed E-state index contributed by atoms with van der Waals surface area (Å²) < 4.78 is 6.37. The molecule has 2 saturated carbocycles. The van der Waals surface area contributed by atoms with Crippen LogP contribution in [0.1, 0.15) is 56.9 Å². The Morgan fingerprint density at radius 2 is 1.64 bits per heavy atom. The number of rotatable bonds is 4. The monoisotopic (exact) mass is 302 g/mol. The summed E-state index contributed by atoms with van der Waals surface area (Å²) in [4.78, 5) is 0. The summed E-state index contributed by atoms with van der Waals surface area (Å²) in [6.07, 6.45) is 10.2. The van der Waals surface area contributed by atoms with E-state index in [1.54, 1.807) is 0 Å². The minimum atomic E-state index is 0.281. The standard InChI is InChI=1S/C19H30N2O/c1-14-8-2-6-12-18(14)22-19-13-7-5-11-17(19)21-16-10-4-3-9-15(16)20/h2,6,8,12,15-17,19,21H,3-5,7,9-11,13,20H2,1H3/t15-,16-,17-,19+/m0/s1. The quantitative estimate of drug-likeness (QED) is 0.894. The van der Waals surface area contributed by atoms with Crippen LogP contribution in [0.4, 0.5) is 0 Å². The molecule has 0 aromatic heterocycles. The first-order valence-electron chi connectivity index (χ1n) is 8.98. The van der Waals surface area contributed by atoms with Crippen molar-refractivity contribution in [1.82, 2.24) is 5.32 Å². The van der Waals surface area contributed by atoms with Gasteiger partial charge in [-0.2, -0.15) is 0 Å².